The zero-order valence-corrected chi connectivity index (χ0v) is 74.2. The van der Waals surface area contributed by atoms with Gasteiger partial charge in [-0.05, 0) is 150 Å². The number of methoxy groups -OCH3 is 3. The number of hydrogen-bond acceptors (Lipinski definition) is 26. The lowest BCUT2D eigenvalue weighted by molar-refractivity contribution is -0.128. The molecule has 9 aliphatic heterocycles. The van der Waals surface area contributed by atoms with Crippen LogP contribution < -0.4 is 86.2 Å². The van der Waals surface area contributed by atoms with E-state index in [0.29, 0.717) is 83.0 Å². The molecule has 11 N–H and O–H groups in total. The van der Waals surface area contributed by atoms with Crippen LogP contribution in [0, 0.1) is 5.92 Å². The van der Waals surface area contributed by atoms with Crippen LogP contribution in [0.15, 0.2) is 170 Å². The number of carbonyl (C=O) groups excluding carboxylic acids is 13. The van der Waals surface area contributed by atoms with Crippen LogP contribution in [-0.4, -0.2) is 247 Å². The first-order valence-corrected chi connectivity index (χ1v) is 43.5. The lowest BCUT2D eigenvalue weighted by Crippen LogP contribution is -2.53. The van der Waals surface area contributed by atoms with Crippen LogP contribution in [-0.2, 0) is 70.5 Å². The molecule has 6 atom stereocenters. The van der Waals surface area contributed by atoms with E-state index in [1.807, 2.05) is 12.1 Å². The van der Waals surface area contributed by atoms with E-state index in [-0.39, 0.29) is 185 Å². The number of amides is 13. The maximum atomic E-state index is 15.2. The average Bonchev–Trinajstić information content (AvgIpc) is 1.60. The van der Waals surface area contributed by atoms with Gasteiger partial charge in [0.1, 0.15) is 31.0 Å². The van der Waals surface area contributed by atoms with Crippen molar-refractivity contribution in [3.63, 3.8) is 0 Å². The molecule has 0 fully saturated rings. The smallest absolute Gasteiger partial charge is 0.416 e. The van der Waals surface area contributed by atoms with E-state index in [9.17, 15) is 67.7 Å². The van der Waals surface area contributed by atoms with E-state index in [1.165, 1.54) is 79.5 Å². The minimum atomic E-state index is -1.80. The van der Waals surface area contributed by atoms with Crippen LogP contribution in [0.1, 0.15) is 106 Å². The van der Waals surface area contributed by atoms with Crippen molar-refractivity contribution < 1.29 is 115 Å². The Labute approximate surface area is 765 Å². The maximum absolute atomic E-state index is 15.2. The first-order valence-electron chi connectivity index (χ1n) is 43.5. The van der Waals surface area contributed by atoms with Crippen molar-refractivity contribution in [1.82, 2.24) is 41.7 Å². The van der Waals surface area contributed by atoms with Gasteiger partial charge in [-0.25, -0.2) is 24.3 Å². The number of benzene rings is 7. The molecule has 0 aromatic heterocycles. The lowest BCUT2D eigenvalue weighted by atomic mass is 10.0. The summed E-state index contributed by atoms with van der Waals surface area (Å²) in [5.74, 6) is -4.77. The molecule has 0 aliphatic carbocycles. The van der Waals surface area contributed by atoms with E-state index in [1.54, 1.807) is 118 Å². The van der Waals surface area contributed by atoms with Gasteiger partial charge in [0.05, 0.1) is 114 Å². The Kier molecular flexibility index (Phi) is 32.7. The second-order valence-electron chi connectivity index (χ2n) is 32.1. The number of imide groups is 1. The number of ether oxygens (including phenoxy) is 9. The van der Waals surface area contributed by atoms with Crippen molar-refractivity contribution in [3.05, 3.63) is 209 Å². The molecule has 9 aliphatic rings. The molecule has 8 bridgehead atoms. The zero-order valence-electron chi connectivity index (χ0n) is 74.2. The molecule has 38 nitrogen and oxygen atoms in total. The number of anilines is 6. The number of rotatable bonds is 13. The molecule has 0 radical (unpaired) electrons. The lowest BCUT2D eigenvalue weighted by Gasteiger charge is -2.31. The van der Waals surface area contributed by atoms with Gasteiger partial charge in [-0.3, -0.25) is 52.7 Å². The van der Waals surface area contributed by atoms with Crippen molar-refractivity contribution in [3.8, 4) is 28.7 Å². The minimum Gasteiger partial charge on any atom is -0.497 e. The molecular formula is C95H106N14O24. The SMILES string of the molecule is COc1ccc(C2=C[C@H]3C(O)N4C(=O)OCc5ccc(cc5)NC(=O)CNCCOCCNC(=O)CCC(=O)NCCOCCNCC(=O)Nc5ccc(cc5)COC(=O)N5c6cc(c(OC)cc6C(=O)N6CC(c7ccc(NC(=O)[C@H](C)NC(=O)[C@@H](NC(=O)c8ccc(N9C(=O)C=CC9=O)cc8)C(C)C)cc7)=C[C@H]6C5O)OCCCCCOc5cc4c(cc5OC)C(=O)N3C2)cc1. The number of nitrogens with zero attached hydrogens (tertiary/aromatic N) is 5. The Morgan fingerprint density at radius 2 is 0.932 bits per heavy atom. The highest BCUT2D eigenvalue weighted by Gasteiger charge is 2.48. The number of aliphatic hydroxyl groups excluding tert-OH is 2. The van der Waals surface area contributed by atoms with Crippen molar-refractivity contribution in [1.29, 1.82) is 0 Å². The van der Waals surface area contributed by atoms with E-state index in [2.05, 4.69) is 47.9 Å². The third-order valence-electron chi connectivity index (χ3n) is 22.6. The van der Waals surface area contributed by atoms with Crippen molar-refractivity contribution in [2.45, 2.75) is 103 Å². The summed E-state index contributed by atoms with van der Waals surface area (Å²) in [5.41, 5.74) is 5.05. The van der Waals surface area contributed by atoms with Gasteiger partial charge < -0.3 is 110 Å². The predicted octanol–water partition coefficient (Wildman–Crippen LogP) is 6.55. The van der Waals surface area contributed by atoms with Gasteiger partial charge in [0.15, 0.2) is 35.5 Å². The van der Waals surface area contributed by atoms with Crippen LogP contribution in [0.25, 0.3) is 11.1 Å². The monoisotopic (exact) mass is 1830 g/mol. The van der Waals surface area contributed by atoms with Crippen LogP contribution in [0.5, 0.6) is 28.7 Å². The molecule has 7 aromatic rings. The molecule has 700 valence electrons. The predicted molar refractivity (Wildman–Crippen MR) is 486 cm³/mol. The van der Waals surface area contributed by atoms with Gasteiger partial charge >= 0.3 is 12.2 Å². The van der Waals surface area contributed by atoms with Gasteiger partial charge in [-0.2, -0.15) is 0 Å². The van der Waals surface area contributed by atoms with Crippen molar-refractivity contribution in [2.24, 2.45) is 5.92 Å². The molecule has 0 spiro atoms. The standard InChI is InChI=1S/C95H106N14O24/c1-56(2)86(104-88(117)62-16-26-68(27-17-62)107-84(114)32-33-85(107)115)89(118)100-57(3)87(116)103-67-24-14-60(15-25-67)63-44-74-92(121)108-72-48-78(76(126-5)46-70(72)90(119)105(74)52-63)130-38-8-7-9-39-131-79-49-73-71(47-77(79)127-6)91(120)106-53-64(61-18-28-69(125-4)29-19-61)45-75(106)93(122)109(73)95(124)133-55-59-12-22-66(23-13-59)102-83(113)51-97-35-41-129-43-37-99-81(111)31-30-80(110)98-36-42-128-40-34-96-50-82(112)101-65-20-10-58(11-21-65)54-132-94(108)123/h10-29,32-33,44-49,56-57,74-75,86,92-93,96-97,121-122H,7-9,30-31,34-43,50-55H2,1-6H3,(H,98,110)(H,99,111)(H,100,118)(H,101,112)(H,102,113)(H,103,116)(H,104,117)/t57-,74-,75-,86-,92?,93?/m0/s1. The Hall–Kier alpha value is -14.6. The second-order valence-corrected chi connectivity index (χ2v) is 32.1. The molecule has 38 heteroatoms. The van der Waals surface area contributed by atoms with Gasteiger partial charge in [-0.1, -0.05) is 74.5 Å². The quantitative estimate of drug-likeness (QED) is 0.0545. The topological polar surface area (TPSA) is 470 Å². The van der Waals surface area contributed by atoms with Gasteiger partial charge in [0.25, 0.3) is 29.5 Å². The number of nitrogens with one attached hydrogen (secondary N) is 9. The third-order valence-corrected chi connectivity index (χ3v) is 22.6. The van der Waals surface area contributed by atoms with Gasteiger partial charge in [0.2, 0.25) is 35.4 Å². The molecule has 0 saturated carbocycles. The largest absolute Gasteiger partial charge is 0.497 e. The average molecular weight is 1830 g/mol. The van der Waals surface area contributed by atoms with E-state index >= 15 is 4.79 Å². The highest BCUT2D eigenvalue weighted by Crippen LogP contribution is 2.45. The Morgan fingerprint density at radius 3 is 1.38 bits per heavy atom. The first kappa shape index (κ1) is 96.0. The Bertz CT molecular complexity index is 5530. The van der Waals surface area contributed by atoms with E-state index in [0.717, 1.165) is 32.4 Å². The van der Waals surface area contributed by atoms with Crippen LogP contribution >= 0.6 is 0 Å². The van der Waals surface area contributed by atoms with Crippen molar-refractivity contribution in [2.75, 3.05) is 144 Å². The summed E-state index contributed by atoms with van der Waals surface area (Å²) < 4.78 is 52.9. The summed E-state index contributed by atoms with van der Waals surface area (Å²) in [6.45, 7) is 6.11. The van der Waals surface area contributed by atoms with Gasteiger partial charge in [-0.15, -0.1) is 0 Å². The first-order chi connectivity index (χ1) is 64.2. The third kappa shape index (κ3) is 24.4. The normalized spacial score (nSPS) is 19.8. The summed E-state index contributed by atoms with van der Waals surface area (Å²) in [6, 6.07) is 33.8. The summed E-state index contributed by atoms with van der Waals surface area (Å²) in [7, 11) is 4.32. The molecule has 7 aromatic carbocycles. The summed E-state index contributed by atoms with van der Waals surface area (Å²) in [6.07, 6.45) is 1.31. The van der Waals surface area contributed by atoms with Crippen molar-refractivity contribution >= 4 is 122 Å². The molecule has 9 heterocycles. The highest BCUT2D eigenvalue weighted by atomic mass is 16.6. The highest BCUT2D eigenvalue weighted by molar-refractivity contribution is 6.28. The van der Waals surface area contributed by atoms with E-state index in [4.69, 9.17) is 42.6 Å². The molecule has 16 rings (SSSR count). The number of aliphatic hydroxyl groups is 2. The van der Waals surface area contributed by atoms with E-state index < -0.39 is 96.1 Å². The molecule has 2 unspecified atom stereocenters. The Morgan fingerprint density at radius 1 is 0.481 bits per heavy atom. The van der Waals surface area contributed by atoms with Crippen LogP contribution in [0.3, 0.4) is 0 Å². The maximum Gasteiger partial charge on any atom is 0.416 e. The second kappa shape index (κ2) is 45.3. The minimum absolute atomic E-state index is 0.00557. The van der Waals surface area contributed by atoms with Crippen LogP contribution in [0.4, 0.5) is 43.7 Å². The summed E-state index contributed by atoms with van der Waals surface area (Å²) in [4.78, 5) is 182. The molecule has 13 amide bonds. The Balaban J connectivity index is 0.693. The fourth-order valence-corrected chi connectivity index (χ4v) is 15.4. The molecular weight excluding hydrogens is 1720 g/mol. The molecule has 133 heavy (non-hydrogen) atoms. The number of carbonyl (C=O) groups is 13. The van der Waals surface area contributed by atoms with Crippen LogP contribution in [0.2, 0.25) is 0 Å². The fourth-order valence-electron chi connectivity index (χ4n) is 15.4. The fraction of sp³-hybridized carbons (Fsp3) is 0.358. The number of fused-ring (bicyclic) bond motifs is 2. The number of hydrogen-bond donors (Lipinski definition) is 11. The zero-order chi connectivity index (χ0) is 94.4. The van der Waals surface area contributed by atoms with Gasteiger partial charge in [0, 0.05) is 99.0 Å². The summed E-state index contributed by atoms with van der Waals surface area (Å²) in [5, 5.41) is 50.4. The summed E-state index contributed by atoms with van der Waals surface area (Å²) >= 11 is 0. The molecule has 0 saturated heterocycles.